The van der Waals surface area contributed by atoms with E-state index in [1.165, 1.54) is 66.6 Å². The van der Waals surface area contributed by atoms with Crippen LogP contribution in [0.1, 0.15) is 47.6 Å². The molecule has 0 radical (unpaired) electrons. The molecule has 1 aromatic heterocycles. The highest BCUT2D eigenvalue weighted by Crippen LogP contribution is 2.53. The molecule has 0 saturated heterocycles. The normalized spacial score (nSPS) is 13.8. The molecule has 0 fully saturated rings. The number of hydrogen-bond acceptors (Lipinski definition) is 1. The third-order valence-corrected chi connectivity index (χ3v) is 10.2. The van der Waals surface area contributed by atoms with Gasteiger partial charge < -0.3 is 4.42 Å². The summed E-state index contributed by atoms with van der Waals surface area (Å²) in [7, 11) is 0. The SMILES string of the molecule is CC1(C)c2ccccc2-c2c(C(c3ccc(-c4ccccc4)cc3)c3cccc4oc5ccc(-c6ccccc6)cc5c34)cccc21. The average molecular weight is 603 g/mol. The highest BCUT2D eigenvalue weighted by Gasteiger charge is 2.38. The minimum atomic E-state index is -0.0808. The van der Waals surface area contributed by atoms with Crippen LogP contribution in [0, 0.1) is 0 Å². The maximum absolute atomic E-state index is 6.56. The van der Waals surface area contributed by atoms with Crippen molar-refractivity contribution in [1.29, 1.82) is 0 Å². The second-order valence-corrected chi connectivity index (χ2v) is 13.3. The largest absolute Gasteiger partial charge is 0.456 e. The Labute approximate surface area is 275 Å². The van der Waals surface area contributed by atoms with Crippen molar-refractivity contribution in [2.24, 2.45) is 0 Å². The lowest BCUT2D eigenvalue weighted by molar-refractivity contribution is 0.659. The second-order valence-electron chi connectivity index (χ2n) is 13.3. The summed E-state index contributed by atoms with van der Waals surface area (Å²) in [6.07, 6.45) is 0. The summed E-state index contributed by atoms with van der Waals surface area (Å²) in [5, 5.41) is 2.33. The van der Waals surface area contributed by atoms with Gasteiger partial charge in [-0.05, 0) is 79.4 Å². The standard InChI is InChI=1S/C46H34O/c1-46(2)39-20-10-9-17-35(39)44-36(18-11-21-40(44)46)43(33-25-23-32(24-26-33)30-13-5-3-6-14-30)37-19-12-22-42-45(37)38-29-34(27-28-41(38)47-42)31-15-7-4-8-16-31/h3-29,43H,1-2H3. The Bertz CT molecular complexity index is 2410. The van der Waals surface area contributed by atoms with E-state index in [0.717, 1.165) is 16.6 Å². The van der Waals surface area contributed by atoms with Gasteiger partial charge in [-0.25, -0.2) is 0 Å². The molecule has 0 bridgehead atoms. The zero-order valence-electron chi connectivity index (χ0n) is 26.6. The third-order valence-electron chi connectivity index (χ3n) is 10.2. The average Bonchev–Trinajstić information content (AvgIpc) is 3.62. The fourth-order valence-corrected chi connectivity index (χ4v) is 7.95. The molecule has 1 aliphatic rings. The van der Waals surface area contributed by atoms with Crippen LogP contribution in [0.5, 0.6) is 0 Å². The summed E-state index contributed by atoms with van der Waals surface area (Å²) >= 11 is 0. The number of furan rings is 1. The molecule has 9 rings (SSSR count). The first-order chi connectivity index (χ1) is 23.1. The predicted octanol–water partition coefficient (Wildman–Crippen LogP) is 12.4. The Morgan fingerprint density at radius 3 is 1.83 bits per heavy atom. The molecule has 1 heterocycles. The molecule has 224 valence electrons. The van der Waals surface area contributed by atoms with Gasteiger partial charge >= 0.3 is 0 Å². The highest BCUT2D eigenvalue weighted by atomic mass is 16.3. The van der Waals surface area contributed by atoms with E-state index in [4.69, 9.17) is 4.42 Å². The molecule has 8 aromatic rings. The van der Waals surface area contributed by atoms with E-state index in [0.29, 0.717) is 0 Å². The number of rotatable bonds is 5. The summed E-state index contributed by atoms with van der Waals surface area (Å²) in [6.45, 7) is 4.72. The Hall–Kier alpha value is -5.66. The van der Waals surface area contributed by atoms with Crippen molar-refractivity contribution in [2.75, 3.05) is 0 Å². The van der Waals surface area contributed by atoms with Gasteiger partial charge in [-0.15, -0.1) is 0 Å². The molecule has 1 heteroatoms. The third kappa shape index (κ3) is 4.38. The van der Waals surface area contributed by atoms with Gasteiger partial charge in [-0.1, -0.05) is 159 Å². The molecule has 0 N–H and O–H groups in total. The van der Waals surface area contributed by atoms with Gasteiger partial charge in [0, 0.05) is 22.1 Å². The van der Waals surface area contributed by atoms with E-state index < -0.39 is 0 Å². The molecule has 0 saturated carbocycles. The van der Waals surface area contributed by atoms with E-state index in [-0.39, 0.29) is 11.3 Å². The quantitative estimate of drug-likeness (QED) is 0.179. The molecule has 47 heavy (non-hydrogen) atoms. The minimum Gasteiger partial charge on any atom is -0.456 e. The lowest BCUT2D eigenvalue weighted by Gasteiger charge is -2.25. The van der Waals surface area contributed by atoms with Crippen molar-refractivity contribution in [2.45, 2.75) is 25.2 Å². The monoisotopic (exact) mass is 602 g/mol. The topological polar surface area (TPSA) is 13.1 Å². The molecule has 1 unspecified atom stereocenters. The smallest absolute Gasteiger partial charge is 0.135 e. The first-order valence-corrected chi connectivity index (χ1v) is 16.5. The predicted molar refractivity (Wildman–Crippen MR) is 196 cm³/mol. The Morgan fingerprint density at radius 1 is 0.468 bits per heavy atom. The van der Waals surface area contributed by atoms with Crippen LogP contribution in [0.15, 0.2) is 168 Å². The lowest BCUT2D eigenvalue weighted by Crippen LogP contribution is -2.15. The highest BCUT2D eigenvalue weighted by molar-refractivity contribution is 6.08. The van der Waals surface area contributed by atoms with Gasteiger partial charge in [0.15, 0.2) is 0 Å². The Balaban J connectivity index is 1.32. The minimum absolute atomic E-state index is 0.0124. The van der Waals surface area contributed by atoms with E-state index in [9.17, 15) is 0 Å². The summed E-state index contributed by atoms with van der Waals surface area (Å²) in [4.78, 5) is 0. The van der Waals surface area contributed by atoms with Crippen LogP contribution in [-0.2, 0) is 5.41 Å². The molecule has 0 aliphatic heterocycles. The Kier molecular flexibility index (Phi) is 6.30. The van der Waals surface area contributed by atoms with E-state index in [1.54, 1.807) is 0 Å². The van der Waals surface area contributed by atoms with Crippen molar-refractivity contribution in [3.05, 3.63) is 192 Å². The molecule has 0 spiro atoms. The van der Waals surface area contributed by atoms with Crippen molar-refractivity contribution in [3.63, 3.8) is 0 Å². The van der Waals surface area contributed by atoms with Crippen LogP contribution in [0.25, 0.3) is 55.3 Å². The zero-order chi connectivity index (χ0) is 31.5. The number of benzene rings is 7. The van der Waals surface area contributed by atoms with Gasteiger partial charge in [0.05, 0.1) is 0 Å². The number of hydrogen-bond donors (Lipinski definition) is 0. The first kappa shape index (κ1) is 27.6. The van der Waals surface area contributed by atoms with Crippen LogP contribution in [0.2, 0.25) is 0 Å². The van der Waals surface area contributed by atoms with Crippen LogP contribution in [0.3, 0.4) is 0 Å². The van der Waals surface area contributed by atoms with Gasteiger partial charge in [0.1, 0.15) is 11.2 Å². The summed E-state index contributed by atoms with van der Waals surface area (Å²) in [5.41, 5.74) is 15.9. The van der Waals surface area contributed by atoms with Crippen molar-refractivity contribution < 1.29 is 4.42 Å². The molecule has 1 aliphatic carbocycles. The van der Waals surface area contributed by atoms with E-state index in [2.05, 4.69) is 178 Å². The van der Waals surface area contributed by atoms with Crippen molar-refractivity contribution in [1.82, 2.24) is 0 Å². The second kappa shape index (κ2) is 10.7. The first-order valence-electron chi connectivity index (χ1n) is 16.5. The van der Waals surface area contributed by atoms with Gasteiger partial charge in [-0.2, -0.15) is 0 Å². The fourth-order valence-electron chi connectivity index (χ4n) is 7.95. The molecular weight excluding hydrogens is 569 g/mol. The number of fused-ring (bicyclic) bond motifs is 6. The lowest BCUT2D eigenvalue weighted by atomic mass is 9.78. The molecule has 7 aromatic carbocycles. The van der Waals surface area contributed by atoms with Gasteiger partial charge in [0.2, 0.25) is 0 Å². The molecule has 0 amide bonds. The maximum Gasteiger partial charge on any atom is 0.135 e. The van der Waals surface area contributed by atoms with Crippen LogP contribution in [-0.4, -0.2) is 0 Å². The van der Waals surface area contributed by atoms with Crippen LogP contribution < -0.4 is 0 Å². The van der Waals surface area contributed by atoms with E-state index >= 15 is 0 Å². The molecule has 1 nitrogen and oxygen atoms in total. The summed E-state index contributed by atoms with van der Waals surface area (Å²) in [6, 6.07) is 59.6. The van der Waals surface area contributed by atoms with E-state index in [1.807, 2.05) is 0 Å². The van der Waals surface area contributed by atoms with Crippen LogP contribution >= 0.6 is 0 Å². The molecular formula is C46H34O. The molecule has 1 atom stereocenters. The maximum atomic E-state index is 6.56. The van der Waals surface area contributed by atoms with Crippen molar-refractivity contribution >= 4 is 21.9 Å². The zero-order valence-corrected chi connectivity index (χ0v) is 26.6. The Morgan fingerprint density at radius 2 is 1.06 bits per heavy atom. The summed E-state index contributed by atoms with van der Waals surface area (Å²) in [5.74, 6) is -0.0124. The van der Waals surface area contributed by atoms with Crippen LogP contribution in [0.4, 0.5) is 0 Å². The van der Waals surface area contributed by atoms with Gasteiger partial charge in [0.25, 0.3) is 0 Å². The van der Waals surface area contributed by atoms with Crippen molar-refractivity contribution in [3.8, 4) is 33.4 Å². The summed E-state index contributed by atoms with van der Waals surface area (Å²) < 4.78 is 6.56. The fraction of sp³-hybridized carbons (Fsp3) is 0.0870. The van der Waals surface area contributed by atoms with Gasteiger partial charge in [-0.3, -0.25) is 0 Å².